The number of piperidine rings is 1. The highest BCUT2D eigenvalue weighted by molar-refractivity contribution is 5.79. The maximum atomic E-state index is 13.6. The molecule has 0 saturated carbocycles. The second kappa shape index (κ2) is 8.28. The van der Waals surface area contributed by atoms with Crippen molar-refractivity contribution in [3.63, 3.8) is 0 Å². The minimum absolute atomic E-state index is 0.0675. The van der Waals surface area contributed by atoms with Crippen LogP contribution in [-0.2, 0) is 16.0 Å². The fraction of sp³-hybridized carbons (Fsp3) is 0.471. The summed E-state index contributed by atoms with van der Waals surface area (Å²) in [5.41, 5.74) is 0.420. The number of carbonyl (C=O) groups excluding carboxylic acids is 2. The van der Waals surface area contributed by atoms with E-state index in [-0.39, 0.29) is 30.5 Å². The van der Waals surface area contributed by atoms with Crippen molar-refractivity contribution in [1.29, 1.82) is 5.26 Å². The summed E-state index contributed by atoms with van der Waals surface area (Å²) in [4.78, 5) is 25.2. The number of benzene rings is 1. The molecule has 0 bridgehead atoms. The lowest BCUT2D eigenvalue weighted by Crippen LogP contribution is -2.42. The van der Waals surface area contributed by atoms with E-state index in [1.807, 2.05) is 6.07 Å². The zero-order valence-corrected chi connectivity index (χ0v) is 12.9. The number of carbonyl (C=O) groups is 2. The average Bonchev–Trinajstić information content (AvgIpc) is 2.56. The van der Waals surface area contributed by atoms with Crippen molar-refractivity contribution in [2.24, 2.45) is 5.92 Å². The lowest BCUT2D eigenvalue weighted by molar-refractivity contribution is -0.132. The summed E-state index contributed by atoms with van der Waals surface area (Å²) >= 11 is 0. The van der Waals surface area contributed by atoms with Crippen LogP contribution in [0.3, 0.4) is 0 Å². The van der Waals surface area contributed by atoms with Crippen molar-refractivity contribution >= 4 is 11.8 Å². The van der Waals surface area contributed by atoms with E-state index in [1.54, 1.807) is 23.1 Å². The molecule has 1 heterocycles. The first kappa shape index (κ1) is 16.9. The molecule has 2 rings (SSSR count). The van der Waals surface area contributed by atoms with E-state index in [9.17, 15) is 14.0 Å². The lowest BCUT2D eigenvalue weighted by atomic mass is 9.96. The molecule has 0 aromatic heterocycles. The largest absolute Gasteiger partial charge is 0.355 e. The van der Waals surface area contributed by atoms with Crippen LogP contribution in [0.25, 0.3) is 0 Å². The summed E-state index contributed by atoms with van der Waals surface area (Å²) in [6.45, 7) is 1.77. The molecule has 1 saturated heterocycles. The number of rotatable bonds is 5. The monoisotopic (exact) mass is 317 g/mol. The first-order valence-electron chi connectivity index (χ1n) is 7.75. The zero-order chi connectivity index (χ0) is 16.7. The third kappa shape index (κ3) is 5.06. The van der Waals surface area contributed by atoms with Crippen LogP contribution in [0.2, 0.25) is 0 Å². The van der Waals surface area contributed by atoms with E-state index in [0.29, 0.717) is 31.1 Å². The third-order valence-electron chi connectivity index (χ3n) is 4.09. The first-order chi connectivity index (χ1) is 11.1. The molecule has 0 radical (unpaired) electrons. The maximum Gasteiger partial charge on any atom is 0.234 e. The van der Waals surface area contributed by atoms with Gasteiger partial charge in [0.25, 0.3) is 0 Å². The van der Waals surface area contributed by atoms with Crippen LogP contribution in [0.5, 0.6) is 0 Å². The molecule has 1 aliphatic heterocycles. The van der Waals surface area contributed by atoms with Gasteiger partial charge in [0.1, 0.15) is 12.2 Å². The van der Waals surface area contributed by atoms with E-state index < -0.39 is 0 Å². The van der Waals surface area contributed by atoms with Gasteiger partial charge in [-0.05, 0) is 30.4 Å². The molecule has 1 aliphatic rings. The highest BCUT2D eigenvalue weighted by atomic mass is 19.1. The van der Waals surface area contributed by atoms with Crippen LogP contribution in [-0.4, -0.2) is 36.3 Å². The summed E-state index contributed by atoms with van der Waals surface area (Å²) in [5, 5.41) is 11.2. The van der Waals surface area contributed by atoms with E-state index >= 15 is 0 Å². The maximum absolute atomic E-state index is 13.6. The predicted octanol–water partition coefficient (Wildman–Crippen LogP) is 1.64. The lowest BCUT2D eigenvalue weighted by Gasteiger charge is -2.32. The van der Waals surface area contributed by atoms with Gasteiger partial charge in [-0.1, -0.05) is 18.2 Å². The van der Waals surface area contributed by atoms with Gasteiger partial charge in [-0.3, -0.25) is 9.59 Å². The number of likely N-dealkylation sites (tertiary alicyclic amines) is 1. The Bertz CT molecular complexity index is 604. The van der Waals surface area contributed by atoms with Gasteiger partial charge in [0.15, 0.2) is 0 Å². The third-order valence-corrected chi connectivity index (χ3v) is 4.09. The Kier molecular flexibility index (Phi) is 6.10. The Balaban J connectivity index is 1.76. The van der Waals surface area contributed by atoms with Crippen molar-refractivity contribution in [3.8, 4) is 6.07 Å². The molecule has 122 valence electrons. The van der Waals surface area contributed by atoms with Crippen molar-refractivity contribution in [3.05, 3.63) is 35.6 Å². The minimum atomic E-state index is -0.351. The molecule has 1 aromatic rings. The standard InChI is InChI=1S/C17H20FN3O2/c18-15-4-2-1-3-14(15)11-17(23)21-9-6-13(7-10-21)12-20-16(22)5-8-19/h1-4,13H,5-7,9-12H2,(H,20,22). The molecule has 5 nitrogen and oxygen atoms in total. The van der Waals surface area contributed by atoms with Gasteiger partial charge in [0.05, 0.1) is 12.5 Å². The summed E-state index contributed by atoms with van der Waals surface area (Å²) in [7, 11) is 0. The molecule has 0 aliphatic carbocycles. The normalized spacial score (nSPS) is 15.0. The van der Waals surface area contributed by atoms with E-state index in [0.717, 1.165) is 12.8 Å². The summed E-state index contributed by atoms with van der Waals surface area (Å²) in [6.07, 6.45) is 1.56. The van der Waals surface area contributed by atoms with E-state index in [1.165, 1.54) is 6.07 Å². The van der Waals surface area contributed by atoms with Crippen LogP contribution in [0.1, 0.15) is 24.8 Å². The zero-order valence-electron chi connectivity index (χ0n) is 12.9. The Labute approximate surface area is 135 Å². The molecule has 6 heteroatoms. The van der Waals surface area contributed by atoms with Crippen LogP contribution in [0.4, 0.5) is 4.39 Å². The number of hydrogen-bond donors (Lipinski definition) is 1. The number of nitriles is 1. The number of nitrogens with zero attached hydrogens (tertiary/aromatic N) is 2. The highest BCUT2D eigenvalue weighted by Gasteiger charge is 2.23. The number of nitrogens with one attached hydrogen (secondary N) is 1. The summed E-state index contributed by atoms with van der Waals surface area (Å²) < 4.78 is 13.6. The smallest absolute Gasteiger partial charge is 0.234 e. The fourth-order valence-electron chi connectivity index (χ4n) is 2.70. The van der Waals surface area contributed by atoms with Crippen LogP contribution in [0.15, 0.2) is 24.3 Å². The molecule has 0 unspecified atom stereocenters. The molecule has 0 spiro atoms. The van der Waals surface area contributed by atoms with Gasteiger partial charge in [-0.25, -0.2) is 4.39 Å². The van der Waals surface area contributed by atoms with Gasteiger partial charge in [-0.2, -0.15) is 5.26 Å². The predicted molar refractivity (Wildman–Crippen MR) is 82.6 cm³/mol. The van der Waals surface area contributed by atoms with Crippen molar-refractivity contribution in [2.45, 2.75) is 25.7 Å². The van der Waals surface area contributed by atoms with Crippen LogP contribution in [0, 0.1) is 23.1 Å². The summed E-state index contributed by atoms with van der Waals surface area (Å²) in [5.74, 6) is -0.362. The number of halogens is 1. The average molecular weight is 317 g/mol. The molecular weight excluding hydrogens is 297 g/mol. The first-order valence-corrected chi connectivity index (χ1v) is 7.75. The molecular formula is C17H20FN3O2. The van der Waals surface area contributed by atoms with Gasteiger partial charge in [0, 0.05) is 19.6 Å². The molecule has 0 atom stereocenters. The number of hydrogen-bond acceptors (Lipinski definition) is 3. The Morgan fingerprint density at radius 3 is 2.65 bits per heavy atom. The minimum Gasteiger partial charge on any atom is -0.355 e. The molecule has 1 N–H and O–H groups in total. The van der Waals surface area contributed by atoms with Crippen molar-refractivity contribution in [2.75, 3.05) is 19.6 Å². The van der Waals surface area contributed by atoms with Gasteiger partial charge in [-0.15, -0.1) is 0 Å². The number of amides is 2. The SMILES string of the molecule is N#CCC(=O)NCC1CCN(C(=O)Cc2ccccc2F)CC1. The quantitative estimate of drug-likeness (QED) is 0.897. The van der Waals surface area contributed by atoms with E-state index in [2.05, 4.69) is 5.32 Å². The van der Waals surface area contributed by atoms with Gasteiger partial charge < -0.3 is 10.2 Å². The van der Waals surface area contributed by atoms with Gasteiger partial charge >= 0.3 is 0 Å². The fourth-order valence-corrected chi connectivity index (χ4v) is 2.70. The van der Waals surface area contributed by atoms with Crippen LogP contribution >= 0.6 is 0 Å². The molecule has 2 amide bonds. The molecule has 23 heavy (non-hydrogen) atoms. The van der Waals surface area contributed by atoms with E-state index in [4.69, 9.17) is 5.26 Å². The highest BCUT2D eigenvalue weighted by Crippen LogP contribution is 2.18. The van der Waals surface area contributed by atoms with Gasteiger partial charge in [0.2, 0.25) is 11.8 Å². The van der Waals surface area contributed by atoms with Crippen LogP contribution < -0.4 is 5.32 Å². The van der Waals surface area contributed by atoms with Crippen molar-refractivity contribution in [1.82, 2.24) is 10.2 Å². The Morgan fingerprint density at radius 1 is 1.30 bits per heavy atom. The summed E-state index contributed by atoms with van der Waals surface area (Å²) in [6, 6.07) is 8.13. The van der Waals surface area contributed by atoms with Crippen molar-refractivity contribution < 1.29 is 14.0 Å². The molecule has 1 aromatic carbocycles. The second-order valence-electron chi connectivity index (χ2n) is 5.73. The Hall–Kier alpha value is -2.42. The Morgan fingerprint density at radius 2 is 2.00 bits per heavy atom. The topological polar surface area (TPSA) is 73.2 Å². The molecule has 1 fully saturated rings. The second-order valence-corrected chi connectivity index (χ2v) is 5.73.